The maximum Gasteiger partial charge on any atom is 0.270 e. The molecule has 0 radical (unpaired) electrons. The summed E-state index contributed by atoms with van der Waals surface area (Å²) < 4.78 is 0. The molecule has 0 unspecified atom stereocenters. The highest BCUT2D eigenvalue weighted by atomic mass is 35.5. The molecule has 122 valence electrons. The van der Waals surface area contributed by atoms with E-state index in [4.69, 9.17) is 11.6 Å². The van der Waals surface area contributed by atoms with Crippen LogP contribution < -0.4 is 10.9 Å². The van der Waals surface area contributed by atoms with Crippen LogP contribution in [0.2, 0.25) is 5.02 Å². The van der Waals surface area contributed by atoms with Gasteiger partial charge in [0.2, 0.25) is 5.91 Å². The molecule has 1 amide bonds. The molecule has 3 aromatic rings. The van der Waals surface area contributed by atoms with Gasteiger partial charge in [0.05, 0.1) is 11.0 Å². The van der Waals surface area contributed by atoms with E-state index in [1.54, 1.807) is 24.3 Å². The van der Waals surface area contributed by atoms with Crippen molar-refractivity contribution in [3.8, 4) is 0 Å². The second-order valence-electron chi connectivity index (χ2n) is 5.54. The number of fused-ring (bicyclic) bond motifs is 1. The molecule has 0 aliphatic rings. The molecule has 0 aliphatic carbocycles. The van der Waals surface area contributed by atoms with Gasteiger partial charge in [-0.2, -0.15) is 0 Å². The summed E-state index contributed by atoms with van der Waals surface area (Å²) in [7, 11) is 0. The van der Waals surface area contributed by atoms with Gasteiger partial charge in [-0.3, -0.25) is 9.59 Å². The number of hydrogen-bond donors (Lipinski definition) is 2. The summed E-state index contributed by atoms with van der Waals surface area (Å²) in [5.41, 5.74) is 3.09. The highest BCUT2D eigenvalue weighted by molar-refractivity contribution is 6.30. The smallest absolute Gasteiger partial charge is 0.270 e. The van der Waals surface area contributed by atoms with Gasteiger partial charge in [0.15, 0.2) is 0 Å². The largest absolute Gasteiger partial charge is 0.326 e. The molecule has 1 heterocycles. The average Bonchev–Trinajstić information content (AvgIpc) is 2.55. The highest BCUT2D eigenvalue weighted by Gasteiger charge is 2.09. The summed E-state index contributed by atoms with van der Waals surface area (Å²) in [4.78, 5) is 31.3. The van der Waals surface area contributed by atoms with E-state index in [2.05, 4.69) is 15.3 Å². The molecule has 0 saturated carbocycles. The van der Waals surface area contributed by atoms with Crippen molar-refractivity contribution < 1.29 is 4.79 Å². The Hall–Kier alpha value is -2.66. The first-order chi connectivity index (χ1) is 11.5. The summed E-state index contributed by atoms with van der Waals surface area (Å²) in [6.07, 6.45) is 0.453. The molecule has 2 N–H and O–H groups in total. The Labute approximate surface area is 143 Å². The predicted octanol–water partition coefficient (Wildman–Crippen LogP) is 3.46. The summed E-state index contributed by atoms with van der Waals surface area (Å²) in [5.74, 6) is -0.171. The molecule has 24 heavy (non-hydrogen) atoms. The lowest BCUT2D eigenvalue weighted by Crippen LogP contribution is -2.19. The second kappa shape index (κ2) is 6.84. The minimum atomic E-state index is -0.260. The Morgan fingerprint density at radius 2 is 2.04 bits per heavy atom. The predicted molar refractivity (Wildman–Crippen MR) is 95.5 cm³/mol. The molecule has 0 spiro atoms. The number of benzene rings is 2. The van der Waals surface area contributed by atoms with Gasteiger partial charge in [-0.05, 0) is 42.8 Å². The van der Waals surface area contributed by atoms with Crippen LogP contribution in [0.5, 0.6) is 0 Å². The minimum absolute atomic E-state index is 0.171. The molecule has 0 fully saturated rings. The molecule has 3 rings (SSSR count). The third-order valence-corrected chi connectivity index (χ3v) is 3.96. The van der Waals surface area contributed by atoms with Crippen LogP contribution in [-0.2, 0) is 11.2 Å². The lowest BCUT2D eigenvalue weighted by atomic mass is 10.2. The number of rotatable bonds is 4. The van der Waals surface area contributed by atoms with Gasteiger partial charge < -0.3 is 10.3 Å². The van der Waals surface area contributed by atoms with Crippen LogP contribution in [0.3, 0.4) is 0 Å². The summed E-state index contributed by atoms with van der Waals surface area (Å²) >= 11 is 5.90. The fourth-order valence-corrected chi connectivity index (χ4v) is 2.68. The Bertz CT molecular complexity index is 966. The van der Waals surface area contributed by atoms with Crippen molar-refractivity contribution in [1.82, 2.24) is 9.97 Å². The number of H-pyrrole nitrogens is 1. The van der Waals surface area contributed by atoms with Crippen LogP contribution in [0.4, 0.5) is 5.69 Å². The van der Waals surface area contributed by atoms with E-state index >= 15 is 0 Å². The topological polar surface area (TPSA) is 74.8 Å². The van der Waals surface area contributed by atoms with E-state index in [-0.39, 0.29) is 24.3 Å². The number of para-hydroxylation sites is 2. The number of carbonyl (C=O) groups is 1. The molecule has 1 aromatic heterocycles. The van der Waals surface area contributed by atoms with Gasteiger partial charge in [-0.25, -0.2) is 4.98 Å². The number of nitrogens with one attached hydrogen (secondary N) is 2. The first-order valence-electron chi connectivity index (χ1n) is 7.57. The Balaban J connectivity index is 1.70. The minimum Gasteiger partial charge on any atom is -0.326 e. The third kappa shape index (κ3) is 3.63. The number of halogens is 1. The quantitative estimate of drug-likeness (QED) is 0.763. The van der Waals surface area contributed by atoms with Crippen molar-refractivity contribution in [1.29, 1.82) is 0 Å². The van der Waals surface area contributed by atoms with Gasteiger partial charge in [0, 0.05) is 23.6 Å². The number of aromatic amines is 1. The molecule has 0 saturated heterocycles. The zero-order valence-corrected chi connectivity index (χ0v) is 13.9. The van der Waals surface area contributed by atoms with E-state index in [0.717, 1.165) is 5.56 Å². The number of hydrogen-bond acceptors (Lipinski definition) is 3. The molecule has 2 aromatic carbocycles. The van der Waals surface area contributed by atoms with Crippen molar-refractivity contribution in [2.24, 2.45) is 0 Å². The van der Waals surface area contributed by atoms with Crippen molar-refractivity contribution in [2.75, 3.05) is 5.32 Å². The van der Waals surface area contributed by atoms with Crippen molar-refractivity contribution >= 4 is 34.2 Å². The van der Waals surface area contributed by atoms with Crippen LogP contribution in [-0.4, -0.2) is 15.9 Å². The molecule has 0 bridgehead atoms. The Morgan fingerprint density at radius 3 is 2.83 bits per heavy atom. The number of amides is 1. The van der Waals surface area contributed by atoms with Gasteiger partial charge in [0.1, 0.15) is 5.69 Å². The normalized spacial score (nSPS) is 10.8. The molecular weight excluding hydrogens is 326 g/mol. The number of carbonyl (C=O) groups excluding carboxylic acids is 1. The summed E-state index contributed by atoms with van der Waals surface area (Å²) in [6, 6.07) is 12.6. The number of aryl methyl sites for hydroxylation is 2. The number of anilines is 1. The van der Waals surface area contributed by atoms with Crippen molar-refractivity contribution in [3.63, 3.8) is 0 Å². The van der Waals surface area contributed by atoms with E-state index in [9.17, 15) is 9.59 Å². The molecule has 6 heteroatoms. The van der Waals surface area contributed by atoms with Crippen LogP contribution in [0, 0.1) is 6.92 Å². The van der Waals surface area contributed by atoms with E-state index in [1.807, 2.05) is 25.1 Å². The maximum atomic E-state index is 12.1. The zero-order valence-electron chi connectivity index (χ0n) is 13.1. The lowest BCUT2D eigenvalue weighted by Gasteiger charge is -2.08. The standard InChI is InChI=1S/C18H16ClN3O2/c1-11-10-12(19)6-7-13(11)21-17(23)9-8-16-18(24)22-15-5-3-2-4-14(15)20-16/h2-7,10H,8-9H2,1H3,(H,21,23)(H,22,24). The fraction of sp³-hybridized carbons (Fsp3) is 0.167. The first kappa shape index (κ1) is 16.2. The van der Waals surface area contributed by atoms with Gasteiger partial charge in [-0.15, -0.1) is 0 Å². The van der Waals surface area contributed by atoms with E-state index in [1.165, 1.54) is 0 Å². The number of nitrogens with zero attached hydrogens (tertiary/aromatic N) is 1. The van der Waals surface area contributed by atoms with E-state index in [0.29, 0.717) is 27.4 Å². The molecular formula is C18H16ClN3O2. The Morgan fingerprint density at radius 1 is 1.25 bits per heavy atom. The first-order valence-corrected chi connectivity index (χ1v) is 7.94. The highest BCUT2D eigenvalue weighted by Crippen LogP contribution is 2.19. The van der Waals surface area contributed by atoms with E-state index < -0.39 is 0 Å². The molecule has 5 nitrogen and oxygen atoms in total. The van der Waals surface area contributed by atoms with Crippen molar-refractivity contribution in [2.45, 2.75) is 19.8 Å². The zero-order chi connectivity index (χ0) is 17.1. The fourth-order valence-electron chi connectivity index (χ4n) is 2.45. The Kier molecular flexibility index (Phi) is 4.62. The van der Waals surface area contributed by atoms with Crippen LogP contribution in [0.15, 0.2) is 47.3 Å². The average molecular weight is 342 g/mol. The van der Waals surface area contributed by atoms with Gasteiger partial charge >= 0.3 is 0 Å². The van der Waals surface area contributed by atoms with Crippen LogP contribution in [0.1, 0.15) is 17.7 Å². The lowest BCUT2D eigenvalue weighted by molar-refractivity contribution is -0.116. The van der Waals surface area contributed by atoms with Gasteiger partial charge in [-0.1, -0.05) is 23.7 Å². The summed E-state index contributed by atoms with van der Waals surface area (Å²) in [6.45, 7) is 1.87. The molecule has 0 atom stereocenters. The second-order valence-corrected chi connectivity index (χ2v) is 5.97. The monoisotopic (exact) mass is 341 g/mol. The van der Waals surface area contributed by atoms with Crippen molar-refractivity contribution in [3.05, 3.63) is 69.1 Å². The molecule has 0 aliphatic heterocycles. The van der Waals surface area contributed by atoms with Gasteiger partial charge in [0.25, 0.3) is 5.56 Å². The third-order valence-electron chi connectivity index (χ3n) is 3.72. The summed E-state index contributed by atoms with van der Waals surface area (Å²) in [5, 5.41) is 3.45. The maximum absolute atomic E-state index is 12.1. The SMILES string of the molecule is Cc1cc(Cl)ccc1NC(=O)CCc1nc2ccccc2[nH]c1=O. The van der Waals surface area contributed by atoms with Crippen LogP contribution >= 0.6 is 11.6 Å². The van der Waals surface area contributed by atoms with Crippen LogP contribution in [0.25, 0.3) is 11.0 Å². The number of aromatic nitrogens is 2.